The maximum atomic E-state index is 15.0. The van der Waals surface area contributed by atoms with E-state index in [9.17, 15) is 53.5 Å². The Balaban J connectivity index is 4.02. The van der Waals surface area contributed by atoms with Crippen molar-refractivity contribution >= 4 is 11.9 Å². The number of carbonyl (C=O) groups is 2. The van der Waals surface area contributed by atoms with Gasteiger partial charge in [0, 0.05) is 0 Å². The Kier molecular flexibility index (Phi) is 5.53. The number of hydrogen-bond donors (Lipinski definition) is 0. The van der Waals surface area contributed by atoms with E-state index in [1.54, 1.807) is 0 Å². The van der Waals surface area contributed by atoms with Gasteiger partial charge in [-0.25, -0.2) is 18.4 Å². The Morgan fingerprint density at radius 3 is 0.929 bits per heavy atom. The van der Waals surface area contributed by atoms with Gasteiger partial charge in [-0.3, -0.25) is 0 Å². The molecule has 1 saturated carbocycles. The first kappa shape index (κ1) is 24.3. The third-order valence-electron chi connectivity index (χ3n) is 3.77. The number of ether oxygens (including phenoxy) is 2. The van der Waals surface area contributed by atoms with Crippen LogP contribution in [0.15, 0.2) is 0 Å². The molecule has 0 spiro atoms. The molecular formula is C14H14F10O4. The second kappa shape index (κ2) is 6.37. The summed E-state index contributed by atoms with van der Waals surface area (Å²) in [6, 6.07) is 0. The summed E-state index contributed by atoms with van der Waals surface area (Å²) in [6.45, 7) is 3.16. The van der Waals surface area contributed by atoms with E-state index in [2.05, 4.69) is 9.47 Å². The summed E-state index contributed by atoms with van der Waals surface area (Å²) in [5, 5.41) is 0. The lowest BCUT2D eigenvalue weighted by molar-refractivity contribution is -0.452. The van der Waals surface area contributed by atoms with E-state index in [0.717, 1.165) is 27.7 Å². The second-order valence-electron chi connectivity index (χ2n) is 6.52. The van der Waals surface area contributed by atoms with Gasteiger partial charge in [-0.2, -0.15) is 35.1 Å². The van der Waals surface area contributed by atoms with Gasteiger partial charge in [0.25, 0.3) is 0 Å². The molecule has 0 saturated heterocycles. The Hall–Kier alpha value is -1.76. The maximum absolute atomic E-state index is 15.0. The Labute approximate surface area is 151 Å². The van der Waals surface area contributed by atoms with Crippen LogP contribution in [0.1, 0.15) is 27.7 Å². The highest BCUT2D eigenvalue weighted by Crippen LogP contribution is 2.69. The van der Waals surface area contributed by atoms with Crippen LogP contribution >= 0.6 is 0 Å². The molecule has 0 bridgehead atoms. The van der Waals surface area contributed by atoms with Crippen molar-refractivity contribution in [2.45, 2.75) is 74.9 Å². The van der Waals surface area contributed by atoms with Crippen LogP contribution in [0.2, 0.25) is 0 Å². The number of hydrogen-bond acceptors (Lipinski definition) is 4. The third kappa shape index (κ3) is 2.51. The first-order chi connectivity index (χ1) is 12.2. The van der Waals surface area contributed by atoms with Crippen molar-refractivity contribution in [3.8, 4) is 0 Å². The highest BCUT2D eigenvalue weighted by atomic mass is 19.4. The lowest BCUT2D eigenvalue weighted by Gasteiger charge is -2.53. The van der Waals surface area contributed by atoms with Crippen molar-refractivity contribution in [2.75, 3.05) is 0 Å². The van der Waals surface area contributed by atoms with Gasteiger partial charge in [0.15, 0.2) is 0 Å². The van der Waals surface area contributed by atoms with E-state index in [1.165, 1.54) is 0 Å². The minimum atomic E-state index is -7.30. The molecule has 1 aliphatic carbocycles. The quantitative estimate of drug-likeness (QED) is 0.496. The van der Waals surface area contributed by atoms with Gasteiger partial charge in [0.1, 0.15) is 0 Å². The summed E-state index contributed by atoms with van der Waals surface area (Å²) in [4.78, 5) is 23.4. The van der Waals surface area contributed by atoms with Crippen LogP contribution in [0.3, 0.4) is 0 Å². The first-order valence-corrected chi connectivity index (χ1v) is 7.49. The summed E-state index contributed by atoms with van der Waals surface area (Å²) >= 11 is 0. The minimum Gasteiger partial charge on any atom is -0.460 e. The summed E-state index contributed by atoms with van der Waals surface area (Å²) in [5.74, 6) is -35.7. The van der Waals surface area contributed by atoms with Crippen molar-refractivity contribution in [2.24, 2.45) is 0 Å². The van der Waals surface area contributed by atoms with Gasteiger partial charge in [0.2, 0.25) is 0 Å². The summed E-state index contributed by atoms with van der Waals surface area (Å²) < 4.78 is 148. The van der Waals surface area contributed by atoms with E-state index in [-0.39, 0.29) is 0 Å². The maximum Gasteiger partial charge on any atom is 0.382 e. The summed E-state index contributed by atoms with van der Waals surface area (Å²) in [6.07, 6.45) is -3.35. The fraction of sp³-hybridized carbons (Fsp3) is 0.857. The highest BCUT2D eigenvalue weighted by molar-refractivity contribution is 5.96. The van der Waals surface area contributed by atoms with Crippen molar-refractivity contribution in [1.82, 2.24) is 0 Å². The molecule has 2 unspecified atom stereocenters. The number of halogens is 10. The molecular weight excluding hydrogens is 422 g/mol. The second-order valence-corrected chi connectivity index (χ2v) is 6.52. The molecule has 0 amide bonds. The van der Waals surface area contributed by atoms with Crippen molar-refractivity contribution in [3.05, 3.63) is 0 Å². The van der Waals surface area contributed by atoms with Crippen molar-refractivity contribution in [3.63, 3.8) is 0 Å². The van der Waals surface area contributed by atoms with E-state index in [4.69, 9.17) is 0 Å². The number of alkyl halides is 10. The molecule has 0 heterocycles. The van der Waals surface area contributed by atoms with Crippen LogP contribution in [0, 0.1) is 0 Å². The molecule has 0 aromatic rings. The van der Waals surface area contributed by atoms with Gasteiger partial charge in [-0.05, 0) is 27.7 Å². The van der Waals surface area contributed by atoms with Gasteiger partial charge >= 0.3 is 47.0 Å². The molecule has 0 N–H and O–H groups in total. The Morgan fingerprint density at radius 1 is 0.536 bits per heavy atom. The molecule has 4 nitrogen and oxygen atoms in total. The Morgan fingerprint density at radius 2 is 0.750 bits per heavy atom. The standard InChI is InChI=1S/C14H14F10O4/c1-5(2)27-7(25)9(15)10(16,8(26)28-6(3)4)12(19,20)14(23,24)13(21,22)11(9,17)18/h5-6H,1-4H3. The largest absolute Gasteiger partial charge is 0.460 e. The molecule has 164 valence electrons. The van der Waals surface area contributed by atoms with Crippen LogP contribution in [-0.4, -0.2) is 59.2 Å². The van der Waals surface area contributed by atoms with Gasteiger partial charge in [-0.1, -0.05) is 0 Å². The molecule has 0 aromatic carbocycles. The van der Waals surface area contributed by atoms with Gasteiger partial charge in [0.05, 0.1) is 12.2 Å². The van der Waals surface area contributed by atoms with E-state index >= 15 is 0 Å². The van der Waals surface area contributed by atoms with Crippen LogP contribution in [0.25, 0.3) is 0 Å². The van der Waals surface area contributed by atoms with Crippen LogP contribution in [0.5, 0.6) is 0 Å². The lowest BCUT2D eigenvalue weighted by Crippen LogP contribution is -2.88. The molecule has 2 atom stereocenters. The molecule has 14 heteroatoms. The molecule has 0 aromatic heterocycles. The van der Waals surface area contributed by atoms with Crippen LogP contribution in [0.4, 0.5) is 43.9 Å². The zero-order valence-electron chi connectivity index (χ0n) is 14.6. The average molecular weight is 436 g/mol. The number of esters is 2. The third-order valence-corrected chi connectivity index (χ3v) is 3.77. The summed E-state index contributed by atoms with van der Waals surface area (Å²) in [7, 11) is 0. The molecule has 1 fully saturated rings. The predicted octanol–water partition coefficient (Wildman–Crippen LogP) is 3.86. The lowest BCUT2D eigenvalue weighted by atomic mass is 9.65. The van der Waals surface area contributed by atoms with Gasteiger partial charge < -0.3 is 9.47 Å². The number of carbonyl (C=O) groups excluding carboxylic acids is 2. The van der Waals surface area contributed by atoms with Gasteiger partial charge in [-0.15, -0.1) is 0 Å². The molecule has 1 aliphatic rings. The fourth-order valence-electron chi connectivity index (χ4n) is 2.39. The predicted molar refractivity (Wildman–Crippen MR) is 69.9 cm³/mol. The average Bonchev–Trinajstić information content (AvgIpc) is 2.49. The van der Waals surface area contributed by atoms with Crippen molar-refractivity contribution < 1.29 is 63.0 Å². The smallest absolute Gasteiger partial charge is 0.382 e. The first-order valence-electron chi connectivity index (χ1n) is 7.49. The SMILES string of the molecule is CC(C)OC(=O)C1(F)C(F)(F)C(F)(F)C(F)(F)C(F)(F)C1(F)C(=O)OC(C)C. The molecule has 28 heavy (non-hydrogen) atoms. The zero-order chi connectivity index (χ0) is 22.7. The van der Waals surface area contributed by atoms with E-state index in [1.807, 2.05) is 0 Å². The van der Waals surface area contributed by atoms with Crippen LogP contribution in [-0.2, 0) is 19.1 Å². The zero-order valence-corrected chi connectivity index (χ0v) is 14.6. The molecule has 0 radical (unpaired) electrons. The molecule has 1 rings (SSSR count). The van der Waals surface area contributed by atoms with Crippen LogP contribution < -0.4 is 0 Å². The van der Waals surface area contributed by atoms with Crippen molar-refractivity contribution in [1.29, 1.82) is 0 Å². The minimum absolute atomic E-state index is 0.791. The summed E-state index contributed by atoms with van der Waals surface area (Å²) in [5.41, 5.74) is -13.1. The normalized spacial score (nSPS) is 32.9. The molecule has 0 aliphatic heterocycles. The highest BCUT2D eigenvalue weighted by Gasteiger charge is 3.04. The topological polar surface area (TPSA) is 52.6 Å². The van der Waals surface area contributed by atoms with E-state index < -0.39 is 59.2 Å². The number of rotatable bonds is 4. The fourth-order valence-corrected chi connectivity index (χ4v) is 2.39. The Bertz CT molecular complexity index is 607. The monoisotopic (exact) mass is 436 g/mol. The van der Waals surface area contributed by atoms with E-state index in [0.29, 0.717) is 0 Å².